The molecular weight excluding hydrogens is 256 g/mol. The number of aromatic amines is 1. The second kappa shape index (κ2) is 4.16. The Bertz CT molecular complexity index is 756. The van der Waals surface area contributed by atoms with Crippen LogP contribution in [0.15, 0.2) is 36.9 Å². The molecule has 0 bridgehead atoms. The van der Waals surface area contributed by atoms with E-state index in [0.717, 1.165) is 11.0 Å². The number of rotatable bonds is 2. The molecule has 1 amide bonds. The summed E-state index contributed by atoms with van der Waals surface area (Å²) in [6.07, 6.45) is 5.10. The van der Waals surface area contributed by atoms with Crippen LogP contribution in [0.3, 0.4) is 0 Å². The fraction of sp³-hybridized carbons (Fsp3) is 0.231. The van der Waals surface area contributed by atoms with E-state index in [1.54, 1.807) is 17.2 Å². The molecule has 0 atom stereocenters. The second-order valence-electron chi connectivity index (χ2n) is 4.88. The van der Waals surface area contributed by atoms with Crippen LogP contribution < -0.4 is 0 Å². The van der Waals surface area contributed by atoms with Gasteiger partial charge in [0.1, 0.15) is 0 Å². The molecule has 20 heavy (non-hydrogen) atoms. The van der Waals surface area contributed by atoms with E-state index < -0.39 is 0 Å². The van der Waals surface area contributed by atoms with Crippen molar-refractivity contribution < 1.29 is 4.79 Å². The lowest BCUT2D eigenvalue weighted by atomic mass is 10.1. The summed E-state index contributed by atoms with van der Waals surface area (Å²) in [5, 5.41) is 7.73. The standard InChI is InChI=1S/C13H12N6O/c20-13(9-1-2-11-12(5-9)15-8-14-11)18-6-10(7-18)19-4-3-16-17-19/h1-5,8,10H,6-7H2,(H,14,15). The third-order valence-electron chi connectivity index (χ3n) is 3.63. The quantitative estimate of drug-likeness (QED) is 0.747. The molecule has 0 saturated carbocycles. The van der Waals surface area contributed by atoms with Crippen molar-refractivity contribution in [2.24, 2.45) is 0 Å². The van der Waals surface area contributed by atoms with Crippen LogP contribution in [0.4, 0.5) is 0 Å². The van der Waals surface area contributed by atoms with Crippen LogP contribution in [0.1, 0.15) is 16.4 Å². The monoisotopic (exact) mass is 268 g/mol. The van der Waals surface area contributed by atoms with E-state index >= 15 is 0 Å². The maximum absolute atomic E-state index is 12.4. The number of likely N-dealkylation sites (tertiary alicyclic amines) is 1. The van der Waals surface area contributed by atoms with Crippen LogP contribution in [0.5, 0.6) is 0 Å². The van der Waals surface area contributed by atoms with Crippen LogP contribution >= 0.6 is 0 Å². The van der Waals surface area contributed by atoms with Crippen LogP contribution in [0.2, 0.25) is 0 Å². The number of nitrogens with one attached hydrogen (secondary N) is 1. The summed E-state index contributed by atoms with van der Waals surface area (Å²) in [5.41, 5.74) is 2.42. The van der Waals surface area contributed by atoms with E-state index in [4.69, 9.17) is 0 Å². The third-order valence-corrected chi connectivity index (χ3v) is 3.63. The Hall–Kier alpha value is -2.70. The minimum Gasteiger partial charge on any atom is -0.345 e. The molecule has 4 rings (SSSR count). The van der Waals surface area contributed by atoms with Crippen molar-refractivity contribution in [3.8, 4) is 0 Å². The summed E-state index contributed by atoms with van der Waals surface area (Å²) >= 11 is 0. The number of hydrogen-bond acceptors (Lipinski definition) is 4. The van der Waals surface area contributed by atoms with Crippen molar-refractivity contribution >= 4 is 16.9 Å². The molecule has 1 aliphatic rings. The first-order chi connectivity index (χ1) is 9.81. The van der Waals surface area contributed by atoms with Crippen molar-refractivity contribution in [2.45, 2.75) is 6.04 Å². The zero-order valence-corrected chi connectivity index (χ0v) is 10.6. The lowest BCUT2D eigenvalue weighted by molar-refractivity contribution is 0.0498. The molecule has 2 aromatic heterocycles. The van der Waals surface area contributed by atoms with E-state index in [1.165, 1.54) is 0 Å². The van der Waals surface area contributed by atoms with Gasteiger partial charge in [-0.1, -0.05) is 5.21 Å². The number of nitrogens with zero attached hydrogens (tertiary/aromatic N) is 5. The zero-order valence-electron chi connectivity index (χ0n) is 10.6. The van der Waals surface area contributed by atoms with Gasteiger partial charge in [-0.25, -0.2) is 9.67 Å². The molecule has 0 aliphatic carbocycles. The molecule has 1 aromatic carbocycles. The summed E-state index contributed by atoms with van der Waals surface area (Å²) in [6, 6.07) is 5.74. The largest absolute Gasteiger partial charge is 0.345 e. The van der Waals surface area contributed by atoms with Gasteiger partial charge in [-0.05, 0) is 18.2 Å². The molecule has 1 N–H and O–H groups in total. The number of benzene rings is 1. The Balaban J connectivity index is 1.51. The maximum Gasteiger partial charge on any atom is 0.254 e. The number of carbonyl (C=O) groups is 1. The van der Waals surface area contributed by atoms with Crippen LogP contribution in [-0.2, 0) is 0 Å². The van der Waals surface area contributed by atoms with Crippen molar-refractivity contribution in [2.75, 3.05) is 13.1 Å². The van der Waals surface area contributed by atoms with Gasteiger partial charge in [0.05, 0.1) is 29.6 Å². The summed E-state index contributed by atoms with van der Waals surface area (Å²) < 4.78 is 1.79. The van der Waals surface area contributed by atoms with Gasteiger partial charge in [0.25, 0.3) is 5.91 Å². The molecule has 1 saturated heterocycles. The predicted octanol–water partition coefficient (Wildman–Crippen LogP) is 0.851. The molecule has 0 unspecified atom stereocenters. The minimum atomic E-state index is 0.0397. The van der Waals surface area contributed by atoms with Gasteiger partial charge in [0.15, 0.2) is 0 Å². The molecule has 0 spiro atoms. The summed E-state index contributed by atoms with van der Waals surface area (Å²) in [4.78, 5) is 21.3. The van der Waals surface area contributed by atoms with Crippen LogP contribution in [-0.4, -0.2) is 48.9 Å². The molecule has 3 aromatic rings. The molecule has 7 nitrogen and oxygen atoms in total. The second-order valence-corrected chi connectivity index (χ2v) is 4.88. The maximum atomic E-state index is 12.4. The lowest BCUT2D eigenvalue weighted by Crippen LogP contribution is -2.50. The van der Waals surface area contributed by atoms with E-state index in [-0.39, 0.29) is 11.9 Å². The summed E-state index contributed by atoms with van der Waals surface area (Å²) in [7, 11) is 0. The van der Waals surface area contributed by atoms with E-state index in [0.29, 0.717) is 18.7 Å². The summed E-state index contributed by atoms with van der Waals surface area (Å²) in [6.45, 7) is 1.34. The highest BCUT2D eigenvalue weighted by Crippen LogP contribution is 2.23. The number of carbonyl (C=O) groups excluding carboxylic acids is 1. The Kier molecular flexibility index (Phi) is 2.32. The van der Waals surface area contributed by atoms with Gasteiger partial charge < -0.3 is 9.88 Å². The Labute approximate surface area is 114 Å². The number of fused-ring (bicyclic) bond motifs is 1. The average Bonchev–Trinajstić information content (AvgIpc) is 3.06. The number of aromatic nitrogens is 5. The number of imidazole rings is 1. The SMILES string of the molecule is O=C(c1ccc2nc[nH]c2c1)N1CC(n2ccnn2)C1. The molecule has 1 aliphatic heterocycles. The fourth-order valence-corrected chi connectivity index (χ4v) is 2.45. The van der Waals surface area contributed by atoms with Gasteiger partial charge in [0, 0.05) is 24.8 Å². The highest BCUT2D eigenvalue weighted by atomic mass is 16.2. The smallest absolute Gasteiger partial charge is 0.254 e. The Morgan fingerprint density at radius 3 is 3.05 bits per heavy atom. The van der Waals surface area contributed by atoms with E-state index in [2.05, 4.69) is 20.3 Å². The highest BCUT2D eigenvalue weighted by Gasteiger charge is 2.32. The Morgan fingerprint density at radius 1 is 1.35 bits per heavy atom. The zero-order chi connectivity index (χ0) is 13.5. The Morgan fingerprint density at radius 2 is 2.25 bits per heavy atom. The van der Waals surface area contributed by atoms with Crippen molar-refractivity contribution in [1.82, 2.24) is 29.9 Å². The van der Waals surface area contributed by atoms with E-state index in [9.17, 15) is 4.79 Å². The normalized spacial score (nSPS) is 15.5. The summed E-state index contributed by atoms with van der Waals surface area (Å²) in [5.74, 6) is 0.0397. The van der Waals surface area contributed by atoms with Gasteiger partial charge in [0.2, 0.25) is 0 Å². The fourth-order valence-electron chi connectivity index (χ4n) is 2.45. The van der Waals surface area contributed by atoms with Gasteiger partial charge in [-0.2, -0.15) is 0 Å². The minimum absolute atomic E-state index is 0.0397. The van der Waals surface area contributed by atoms with Crippen LogP contribution in [0.25, 0.3) is 11.0 Å². The molecular formula is C13H12N6O. The van der Waals surface area contributed by atoms with Crippen molar-refractivity contribution in [1.29, 1.82) is 0 Å². The van der Waals surface area contributed by atoms with Crippen LogP contribution in [0, 0.1) is 0 Å². The highest BCUT2D eigenvalue weighted by molar-refractivity contribution is 5.97. The first kappa shape index (κ1) is 11.2. The first-order valence-corrected chi connectivity index (χ1v) is 6.39. The van der Waals surface area contributed by atoms with Gasteiger partial charge in [-0.15, -0.1) is 5.10 Å². The molecule has 1 fully saturated rings. The molecule has 0 radical (unpaired) electrons. The predicted molar refractivity (Wildman–Crippen MR) is 71.1 cm³/mol. The lowest BCUT2D eigenvalue weighted by Gasteiger charge is -2.38. The average molecular weight is 268 g/mol. The third kappa shape index (κ3) is 1.67. The van der Waals surface area contributed by atoms with Gasteiger partial charge in [-0.3, -0.25) is 4.79 Å². The number of hydrogen-bond donors (Lipinski definition) is 1. The molecule has 3 heterocycles. The van der Waals surface area contributed by atoms with Crippen molar-refractivity contribution in [3.05, 3.63) is 42.5 Å². The number of H-pyrrole nitrogens is 1. The first-order valence-electron chi connectivity index (χ1n) is 6.39. The van der Waals surface area contributed by atoms with E-state index in [1.807, 2.05) is 29.3 Å². The molecule has 7 heteroatoms. The number of amides is 1. The van der Waals surface area contributed by atoms with Crippen molar-refractivity contribution in [3.63, 3.8) is 0 Å². The molecule has 100 valence electrons. The topological polar surface area (TPSA) is 79.7 Å². The van der Waals surface area contributed by atoms with Gasteiger partial charge >= 0.3 is 0 Å².